The van der Waals surface area contributed by atoms with Crippen molar-refractivity contribution in [3.63, 3.8) is 0 Å². The Kier molecular flexibility index (Phi) is 3.47. The van der Waals surface area contributed by atoms with E-state index >= 15 is 0 Å². The minimum atomic E-state index is -4.51. The largest absolute Gasteiger partial charge is 1.00 e. The van der Waals surface area contributed by atoms with E-state index in [1.807, 2.05) is 0 Å². The molecule has 0 spiro atoms. The van der Waals surface area contributed by atoms with Gasteiger partial charge in [-0.25, -0.2) is 8.42 Å². The molecule has 0 aliphatic heterocycles. The van der Waals surface area contributed by atoms with E-state index in [2.05, 4.69) is 0 Å². The summed E-state index contributed by atoms with van der Waals surface area (Å²) in [6, 6.07) is 8.05. The van der Waals surface area contributed by atoms with Gasteiger partial charge in [-0.2, -0.15) is 0 Å². The summed E-state index contributed by atoms with van der Waals surface area (Å²) < 4.78 is 33.2. The molecule has 0 aliphatic rings. The van der Waals surface area contributed by atoms with E-state index in [1.165, 1.54) is 6.07 Å². The van der Waals surface area contributed by atoms with Gasteiger partial charge in [0.05, 0.1) is 5.52 Å². The molecule has 5 nitrogen and oxygen atoms in total. The number of hydrogen-bond donors (Lipinski definition) is 1. The maximum absolute atomic E-state index is 10.8. The van der Waals surface area contributed by atoms with E-state index in [4.69, 9.17) is 5.84 Å². The fraction of sp³-hybridized carbons (Fsp3) is 0. The average molecular weight is 234 g/mol. The molecule has 1 aromatic carbocycles. The van der Waals surface area contributed by atoms with Gasteiger partial charge < -0.3 is 10.4 Å². The minimum absolute atomic E-state index is 0. The Morgan fingerprint density at radius 2 is 1.87 bits per heavy atom. The van der Waals surface area contributed by atoms with Crippen LogP contribution in [0.25, 0.3) is 10.9 Å². The van der Waals surface area contributed by atoms with Crippen LogP contribution < -0.4 is 35.4 Å². The van der Waals surface area contributed by atoms with Crippen molar-refractivity contribution in [1.82, 2.24) is 4.68 Å². The number of nitrogen functional groups attached to an aromatic ring is 1. The first-order chi connectivity index (χ1) is 6.50. The van der Waals surface area contributed by atoms with Crippen LogP contribution in [0.2, 0.25) is 0 Å². The van der Waals surface area contributed by atoms with Crippen molar-refractivity contribution >= 4 is 21.0 Å². The van der Waals surface area contributed by atoms with Crippen molar-refractivity contribution in [2.24, 2.45) is 0 Å². The van der Waals surface area contributed by atoms with Gasteiger partial charge in [-0.1, -0.05) is 18.2 Å². The Balaban J connectivity index is 0.00000112. The third kappa shape index (κ3) is 2.19. The van der Waals surface area contributed by atoms with Crippen LogP contribution in [0, 0.1) is 0 Å². The number of para-hydroxylation sites is 1. The number of rotatable bonds is 1. The van der Waals surface area contributed by atoms with Gasteiger partial charge in [0.2, 0.25) is 0 Å². The molecule has 15 heavy (non-hydrogen) atoms. The maximum Gasteiger partial charge on any atom is 1.00 e. The van der Waals surface area contributed by atoms with Gasteiger partial charge in [0.25, 0.3) is 0 Å². The average Bonchev–Trinajstić information content (AvgIpc) is 2.44. The molecule has 74 valence electrons. The summed E-state index contributed by atoms with van der Waals surface area (Å²) in [5.74, 6) is 5.46. The minimum Gasteiger partial charge on any atom is -0.743 e. The van der Waals surface area contributed by atoms with Crippen LogP contribution in [0.1, 0.15) is 0 Å². The van der Waals surface area contributed by atoms with Crippen molar-refractivity contribution < 1.29 is 42.5 Å². The van der Waals surface area contributed by atoms with Gasteiger partial charge in [0.1, 0.15) is 15.1 Å². The molecule has 0 saturated heterocycles. The van der Waals surface area contributed by atoms with Crippen LogP contribution >= 0.6 is 0 Å². The summed E-state index contributed by atoms with van der Waals surface area (Å²) in [5, 5.41) is 0.211. The molecule has 0 amide bonds. The molecule has 0 saturated carbocycles. The molecule has 0 atom stereocenters. The quantitative estimate of drug-likeness (QED) is 0.329. The van der Waals surface area contributed by atoms with Crippen molar-refractivity contribution in [2.75, 3.05) is 5.84 Å². The van der Waals surface area contributed by atoms with E-state index < -0.39 is 15.1 Å². The van der Waals surface area contributed by atoms with Gasteiger partial charge in [-0.15, -0.1) is 0 Å². The molecule has 2 aromatic rings. The summed E-state index contributed by atoms with van der Waals surface area (Å²) in [4.78, 5) is 0. The normalized spacial score (nSPS) is 11.3. The van der Waals surface area contributed by atoms with E-state index in [1.54, 1.807) is 24.3 Å². The smallest absolute Gasteiger partial charge is 0.743 e. The number of aromatic nitrogens is 1. The van der Waals surface area contributed by atoms with Crippen molar-refractivity contribution in [3.05, 3.63) is 30.3 Å². The van der Waals surface area contributed by atoms with Gasteiger partial charge in [-0.3, -0.25) is 4.68 Å². The number of hydrogen-bond acceptors (Lipinski definition) is 4. The zero-order chi connectivity index (χ0) is 10.3. The summed E-state index contributed by atoms with van der Waals surface area (Å²) in [5.41, 5.74) is 0.516. The third-order valence-electron chi connectivity index (χ3n) is 1.97. The predicted molar refractivity (Wildman–Crippen MR) is 50.1 cm³/mol. The van der Waals surface area contributed by atoms with Crippen molar-refractivity contribution in [1.29, 1.82) is 0 Å². The monoisotopic (exact) mass is 234 g/mol. The molecule has 1 aromatic heterocycles. The molecule has 2 rings (SSSR count). The Morgan fingerprint density at radius 1 is 1.27 bits per heavy atom. The molecule has 0 fully saturated rings. The van der Waals surface area contributed by atoms with Gasteiger partial charge >= 0.3 is 29.6 Å². The van der Waals surface area contributed by atoms with E-state index in [-0.39, 0.29) is 29.6 Å². The second-order valence-electron chi connectivity index (χ2n) is 2.87. The first kappa shape index (κ1) is 12.5. The molecule has 1 heterocycles. The standard InChI is InChI=1S/C8H8N2O3S.Na/c9-10-7-4-2-1-3-6(7)5-8(10)14(11,12)13;/h1-5H,9H2,(H,11,12,13);/q;+1/p-1. The summed E-state index contributed by atoms with van der Waals surface area (Å²) >= 11 is 0. The third-order valence-corrected chi connectivity index (χ3v) is 2.80. The van der Waals surface area contributed by atoms with E-state index in [0.717, 1.165) is 4.68 Å². The molecule has 7 heteroatoms. The van der Waals surface area contributed by atoms with Gasteiger partial charge in [0.15, 0.2) is 0 Å². The van der Waals surface area contributed by atoms with Crippen LogP contribution in [0.4, 0.5) is 0 Å². The summed E-state index contributed by atoms with van der Waals surface area (Å²) in [7, 11) is -4.51. The Bertz CT molecular complexity index is 591. The Labute approximate surface area is 109 Å². The zero-order valence-electron chi connectivity index (χ0n) is 8.04. The van der Waals surface area contributed by atoms with Crippen LogP contribution in [-0.2, 0) is 10.1 Å². The predicted octanol–water partition coefficient (Wildman–Crippen LogP) is -2.74. The molecule has 0 bridgehead atoms. The summed E-state index contributed by atoms with van der Waals surface area (Å²) in [6.07, 6.45) is 0. The van der Waals surface area contributed by atoms with Crippen LogP contribution in [-0.4, -0.2) is 17.6 Å². The number of nitrogens with two attached hydrogens (primary N) is 1. The van der Waals surface area contributed by atoms with Gasteiger partial charge in [0, 0.05) is 5.39 Å². The van der Waals surface area contributed by atoms with E-state index in [9.17, 15) is 13.0 Å². The Hall–Kier alpha value is -0.530. The zero-order valence-corrected chi connectivity index (χ0v) is 10.9. The SMILES string of the molecule is Nn1c(S(=O)(=O)[O-])cc2ccccc21.[Na+]. The second kappa shape index (κ2) is 4.15. The Morgan fingerprint density at radius 3 is 2.40 bits per heavy atom. The van der Waals surface area contributed by atoms with Crippen molar-refractivity contribution in [2.45, 2.75) is 5.03 Å². The number of fused-ring (bicyclic) bond motifs is 1. The fourth-order valence-electron chi connectivity index (χ4n) is 1.34. The number of benzene rings is 1. The first-order valence-electron chi connectivity index (χ1n) is 3.81. The molecule has 0 aliphatic carbocycles. The fourth-order valence-corrected chi connectivity index (χ4v) is 1.95. The molecular formula is C8H7N2NaO3S. The molecule has 0 radical (unpaired) electrons. The maximum atomic E-state index is 10.8. The molecule has 0 unspecified atom stereocenters. The van der Waals surface area contributed by atoms with Crippen LogP contribution in [0.5, 0.6) is 0 Å². The van der Waals surface area contributed by atoms with E-state index in [0.29, 0.717) is 10.9 Å². The molecular weight excluding hydrogens is 227 g/mol. The van der Waals surface area contributed by atoms with Crippen LogP contribution in [0.15, 0.2) is 35.4 Å². The second-order valence-corrected chi connectivity index (χ2v) is 4.19. The first-order valence-corrected chi connectivity index (χ1v) is 5.22. The topological polar surface area (TPSA) is 88.2 Å². The summed E-state index contributed by atoms with van der Waals surface area (Å²) in [6.45, 7) is 0. The van der Waals surface area contributed by atoms with Crippen molar-refractivity contribution in [3.8, 4) is 0 Å². The molecule has 2 N–H and O–H groups in total. The number of nitrogens with zero attached hydrogens (tertiary/aromatic N) is 1. The van der Waals surface area contributed by atoms with Gasteiger partial charge in [-0.05, 0) is 12.1 Å². The van der Waals surface area contributed by atoms with Crippen LogP contribution in [0.3, 0.4) is 0 Å².